The third kappa shape index (κ3) is 1.43. The Morgan fingerprint density at radius 1 is 1.29 bits per heavy atom. The van der Waals surface area contributed by atoms with E-state index >= 15 is 0 Å². The summed E-state index contributed by atoms with van der Waals surface area (Å²) in [5.41, 5.74) is 2.98. The van der Waals surface area contributed by atoms with Crippen molar-refractivity contribution in [3.05, 3.63) is 34.5 Å². The molecule has 0 atom stereocenters. The van der Waals surface area contributed by atoms with E-state index in [1.165, 1.54) is 47.5 Å². The smallest absolute Gasteiger partial charge is 0.0455 e. The van der Waals surface area contributed by atoms with Crippen LogP contribution in [0.25, 0.3) is 12.2 Å². The highest BCUT2D eigenvalue weighted by atomic mass is 14.7. The van der Waals surface area contributed by atoms with Crippen LogP contribution in [-0.4, -0.2) is 4.98 Å². The molecule has 2 rings (SSSR count). The van der Waals surface area contributed by atoms with E-state index in [2.05, 4.69) is 30.6 Å². The molecule has 74 valence electrons. The topological polar surface area (TPSA) is 15.8 Å². The maximum atomic E-state index is 3.75. The fourth-order valence-corrected chi connectivity index (χ4v) is 2.31. The van der Waals surface area contributed by atoms with Gasteiger partial charge in [0.1, 0.15) is 0 Å². The predicted octanol–water partition coefficient (Wildman–Crippen LogP) is 1.66. The van der Waals surface area contributed by atoms with Gasteiger partial charge in [0.05, 0.1) is 0 Å². The molecule has 1 heteroatoms. The Bertz CT molecular complexity index is 448. The normalized spacial score (nSPS) is 18.4. The number of rotatable bonds is 1. The third-order valence-electron chi connectivity index (χ3n) is 2.94. The van der Waals surface area contributed by atoms with Crippen molar-refractivity contribution in [3.63, 3.8) is 0 Å². The van der Waals surface area contributed by atoms with Gasteiger partial charge >= 0.3 is 0 Å². The standard InChI is InChI=1S/C13H17N/c1-3-7-12-10(4-2)11-8-5-6-9-13(11)14-12/h3-4,7,14H,1,5-6,8-9H2,2H3/b10-4-,12-7+. The summed E-state index contributed by atoms with van der Waals surface area (Å²) in [4.78, 5) is 3.50. The van der Waals surface area contributed by atoms with Crippen LogP contribution in [0.2, 0.25) is 0 Å². The second kappa shape index (κ2) is 3.87. The summed E-state index contributed by atoms with van der Waals surface area (Å²) < 4.78 is 0. The first-order valence-corrected chi connectivity index (χ1v) is 5.35. The summed E-state index contributed by atoms with van der Waals surface area (Å²) in [6, 6.07) is 0. The van der Waals surface area contributed by atoms with Crippen LogP contribution in [0.4, 0.5) is 0 Å². The SMILES string of the molecule is C=C/C=c1/[nH]c2c(/c1=C/C)CCCC2. The van der Waals surface area contributed by atoms with E-state index in [-0.39, 0.29) is 0 Å². The van der Waals surface area contributed by atoms with Crippen molar-refractivity contribution in [1.82, 2.24) is 4.98 Å². The highest BCUT2D eigenvalue weighted by Gasteiger charge is 2.12. The lowest BCUT2D eigenvalue weighted by Crippen LogP contribution is -2.24. The Hall–Kier alpha value is -1.24. The molecule has 1 heterocycles. The quantitative estimate of drug-likeness (QED) is 0.688. The van der Waals surface area contributed by atoms with Crippen LogP contribution in [0, 0.1) is 0 Å². The molecular formula is C13H17N. The summed E-state index contributed by atoms with van der Waals surface area (Å²) >= 11 is 0. The Balaban J connectivity index is 2.70. The van der Waals surface area contributed by atoms with Gasteiger partial charge in [0.25, 0.3) is 0 Å². The molecule has 0 amide bonds. The first kappa shape index (κ1) is 9.32. The van der Waals surface area contributed by atoms with E-state index in [4.69, 9.17) is 0 Å². The molecule has 0 bridgehead atoms. The number of hydrogen-bond acceptors (Lipinski definition) is 0. The van der Waals surface area contributed by atoms with Gasteiger partial charge in [-0.05, 0) is 49.5 Å². The average Bonchev–Trinajstić information content (AvgIpc) is 2.55. The van der Waals surface area contributed by atoms with Gasteiger partial charge in [0, 0.05) is 11.0 Å². The highest BCUT2D eigenvalue weighted by Crippen LogP contribution is 2.14. The second-order valence-corrected chi connectivity index (χ2v) is 3.81. The number of aryl methyl sites for hydroxylation is 1. The van der Waals surface area contributed by atoms with Crippen molar-refractivity contribution < 1.29 is 0 Å². The van der Waals surface area contributed by atoms with Crippen molar-refractivity contribution >= 4 is 12.2 Å². The van der Waals surface area contributed by atoms with Gasteiger partial charge < -0.3 is 4.98 Å². The fraction of sp³-hybridized carbons (Fsp3) is 0.385. The maximum absolute atomic E-state index is 3.75. The van der Waals surface area contributed by atoms with Crippen LogP contribution in [-0.2, 0) is 12.8 Å². The van der Waals surface area contributed by atoms with E-state index in [0.717, 1.165) is 0 Å². The number of H-pyrrole nitrogens is 1. The Morgan fingerprint density at radius 2 is 2.07 bits per heavy atom. The summed E-state index contributed by atoms with van der Waals surface area (Å²) in [5.74, 6) is 0. The summed E-state index contributed by atoms with van der Waals surface area (Å²) in [6.45, 7) is 5.86. The molecule has 0 unspecified atom stereocenters. The molecule has 0 spiro atoms. The van der Waals surface area contributed by atoms with E-state index in [1.807, 2.05) is 6.08 Å². The van der Waals surface area contributed by atoms with Crippen LogP contribution in [0.15, 0.2) is 12.7 Å². The van der Waals surface area contributed by atoms with Gasteiger partial charge in [0.15, 0.2) is 0 Å². The van der Waals surface area contributed by atoms with E-state index < -0.39 is 0 Å². The van der Waals surface area contributed by atoms with Crippen LogP contribution in [0.1, 0.15) is 31.0 Å². The van der Waals surface area contributed by atoms with Crippen molar-refractivity contribution in [1.29, 1.82) is 0 Å². The second-order valence-electron chi connectivity index (χ2n) is 3.81. The molecule has 1 nitrogen and oxygen atoms in total. The molecule has 1 N–H and O–H groups in total. The van der Waals surface area contributed by atoms with Gasteiger partial charge in [-0.25, -0.2) is 0 Å². The van der Waals surface area contributed by atoms with Gasteiger partial charge in [-0.3, -0.25) is 0 Å². The van der Waals surface area contributed by atoms with Crippen LogP contribution in [0.3, 0.4) is 0 Å². The first-order valence-electron chi connectivity index (χ1n) is 5.35. The van der Waals surface area contributed by atoms with Gasteiger partial charge in [-0.1, -0.05) is 18.7 Å². The summed E-state index contributed by atoms with van der Waals surface area (Å²) in [7, 11) is 0. The van der Waals surface area contributed by atoms with E-state index in [9.17, 15) is 0 Å². The average molecular weight is 187 g/mol. The minimum atomic E-state index is 1.21. The number of aromatic amines is 1. The molecule has 0 aromatic carbocycles. The highest BCUT2D eigenvalue weighted by molar-refractivity contribution is 5.41. The number of aromatic nitrogens is 1. The number of allylic oxidation sites excluding steroid dienone is 1. The lowest BCUT2D eigenvalue weighted by molar-refractivity contribution is 0.675. The van der Waals surface area contributed by atoms with Gasteiger partial charge in [-0.15, -0.1) is 0 Å². The number of hydrogen-bond donors (Lipinski definition) is 1. The first-order chi connectivity index (χ1) is 6.86. The molecule has 1 aromatic rings. The molecule has 1 aliphatic rings. The van der Waals surface area contributed by atoms with E-state index in [0.29, 0.717) is 0 Å². The molecule has 0 saturated heterocycles. The largest absolute Gasteiger partial charge is 0.358 e. The van der Waals surface area contributed by atoms with Crippen molar-refractivity contribution in [3.8, 4) is 0 Å². The Labute approximate surface area is 84.9 Å². The van der Waals surface area contributed by atoms with Crippen LogP contribution in [0.5, 0.6) is 0 Å². The van der Waals surface area contributed by atoms with Crippen molar-refractivity contribution in [2.45, 2.75) is 32.6 Å². The predicted molar refractivity (Wildman–Crippen MR) is 61.5 cm³/mol. The van der Waals surface area contributed by atoms with Crippen LogP contribution >= 0.6 is 0 Å². The minimum Gasteiger partial charge on any atom is -0.358 e. The number of fused-ring (bicyclic) bond motifs is 1. The molecule has 14 heavy (non-hydrogen) atoms. The zero-order valence-electron chi connectivity index (χ0n) is 8.77. The molecule has 0 fully saturated rings. The van der Waals surface area contributed by atoms with Crippen molar-refractivity contribution in [2.24, 2.45) is 0 Å². The fourth-order valence-electron chi connectivity index (χ4n) is 2.31. The molecular weight excluding hydrogens is 170 g/mol. The molecule has 0 radical (unpaired) electrons. The zero-order chi connectivity index (χ0) is 9.97. The lowest BCUT2D eigenvalue weighted by atomic mass is 9.97. The van der Waals surface area contributed by atoms with E-state index in [1.54, 1.807) is 0 Å². The van der Waals surface area contributed by atoms with Gasteiger partial charge in [0.2, 0.25) is 0 Å². The summed E-state index contributed by atoms with van der Waals surface area (Å²) in [5, 5.41) is 2.62. The Kier molecular flexibility index (Phi) is 2.58. The molecule has 0 aliphatic heterocycles. The lowest BCUT2D eigenvalue weighted by Gasteiger charge is -2.09. The number of nitrogens with one attached hydrogen (secondary N) is 1. The zero-order valence-corrected chi connectivity index (χ0v) is 8.77. The summed E-state index contributed by atoms with van der Waals surface area (Å²) in [6.07, 6.45) is 11.2. The minimum absolute atomic E-state index is 1.21. The molecule has 1 aromatic heterocycles. The van der Waals surface area contributed by atoms with Crippen LogP contribution < -0.4 is 10.6 Å². The molecule has 1 aliphatic carbocycles. The van der Waals surface area contributed by atoms with Crippen molar-refractivity contribution in [2.75, 3.05) is 0 Å². The monoisotopic (exact) mass is 187 g/mol. The maximum Gasteiger partial charge on any atom is 0.0455 e. The molecule has 0 saturated carbocycles. The van der Waals surface area contributed by atoms with Gasteiger partial charge in [-0.2, -0.15) is 0 Å². The third-order valence-corrected chi connectivity index (χ3v) is 2.94. The Morgan fingerprint density at radius 3 is 2.79 bits per heavy atom.